The quantitative estimate of drug-likeness (QED) is 0.918. The van der Waals surface area contributed by atoms with Gasteiger partial charge in [0.25, 0.3) is 0 Å². The first-order valence-electron chi connectivity index (χ1n) is 6.07. The lowest BCUT2D eigenvalue weighted by atomic mass is 10.0. The third-order valence-electron chi connectivity index (χ3n) is 2.72. The highest BCUT2D eigenvalue weighted by atomic mass is 19.4. The molecule has 0 unspecified atom stereocenters. The summed E-state index contributed by atoms with van der Waals surface area (Å²) in [7, 11) is 0. The summed E-state index contributed by atoms with van der Waals surface area (Å²) >= 11 is 0. The van der Waals surface area contributed by atoms with Crippen LogP contribution in [0, 0.1) is 0 Å². The zero-order valence-corrected chi connectivity index (χ0v) is 11.5. The molecule has 4 nitrogen and oxygen atoms in total. The summed E-state index contributed by atoms with van der Waals surface area (Å²) in [6, 6.07) is -0.339. The zero-order valence-electron chi connectivity index (χ0n) is 11.5. The number of nitrogens with zero attached hydrogens (tertiary/aromatic N) is 3. The van der Waals surface area contributed by atoms with Gasteiger partial charge in [0.05, 0.1) is 0 Å². The molecule has 0 bridgehead atoms. The lowest BCUT2D eigenvalue weighted by molar-refractivity contribution is -0.120. The van der Waals surface area contributed by atoms with Gasteiger partial charge in [-0.05, 0) is 19.8 Å². The van der Waals surface area contributed by atoms with E-state index >= 15 is 0 Å². The van der Waals surface area contributed by atoms with Crippen LogP contribution in [0.5, 0.6) is 0 Å². The van der Waals surface area contributed by atoms with E-state index in [1.807, 2.05) is 13.8 Å². The molecule has 0 atom stereocenters. The number of rotatable bonds is 4. The summed E-state index contributed by atoms with van der Waals surface area (Å²) in [6.07, 6.45) is -3.10. The Kier molecular flexibility index (Phi) is 4.60. The molecule has 0 saturated carbocycles. The van der Waals surface area contributed by atoms with Crippen LogP contribution in [0.15, 0.2) is 6.33 Å². The van der Waals surface area contributed by atoms with E-state index in [4.69, 9.17) is 5.73 Å². The fourth-order valence-corrected chi connectivity index (χ4v) is 1.88. The number of hydrogen-bond acceptors (Lipinski definition) is 4. The van der Waals surface area contributed by atoms with Crippen LogP contribution in [-0.2, 0) is 0 Å². The van der Waals surface area contributed by atoms with Crippen molar-refractivity contribution in [2.24, 2.45) is 0 Å². The Morgan fingerprint density at radius 2 is 1.79 bits per heavy atom. The lowest BCUT2D eigenvalue weighted by Gasteiger charge is -2.31. The fourth-order valence-electron chi connectivity index (χ4n) is 1.88. The van der Waals surface area contributed by atoms with Crippen LogP contribution in [-0.4, -0.2) is 28.7 Å². The molecule has 0 aliphatic rings. The van der Waals surface area contributed by atoms with Gasteiger partial charge in [0, 0.05) is 11.6 Å². The Bertz CT molecular complexity index is 429. The normalized spacial score (nSPS) is 12.3. The predicted octanol–water partition coefficient (Wildman–Crippen LogP) is 2.96. The first-order chi connectivity index (χ1) is 8.63. The van der Waals surface area contributed by atoms with Crippen LogP contribution >= 0.6 is 0 Å². The van der Waals surface area contributed by atoms with E-state index < -0.39 is 12.7 Å². The monoisotopic (exact) mass is 276 g/mol. The van der Waals surface area contributed by atoms with E-state index in [2.05, 4.69) is 9.97 Å². The van der Waals surface area contributed by atoms with Crippen LogP contribution in [0.4, 0.5) is 24.8 Å². The maximum Gasteiger partial charge on any atom is 0.405 e. The molecule has 0 radical (unpaired) electrons. The minimum Gasteiger partial charge on any atom is -0.383 e. The number of aromatic nitrogens is 2. The molecular weight excluding hydrogens is 257 g/mol. The Morgan fingerprint density at radius 3 is 2.21 bits per heavy atom. The Morgan fingerprint density at radius 1 is 1.21 bits per heavy atom. The molecule has 0 aromatic carbocycles. The number of hydrogen-bond donors (Lipinski definition) is 1. The van der Waals surface area contributed by atoms with Gasteiger partial charge < -0.3 is 10.6 Å². The molecule has 1 aromatic heterocycles. The van der Waals surface area contributed by atoms with E-state index in [1.165, 1.54) is 11.2 Å². The lowest BCUT2D eigenvalue weighted by Crippen LogP contribution is -2.40. The molecule has 0 saturated heterocycles. The van der Waals surface area contributed by atoms with Gasteiger partial charge in [0.1, 0.15) is 24.5 Å². The van der Waals surface area contributed by atoms with Gasteiger partial charge >= 0.3 is 6.18 Å². The van der Waals surface area contributed by atoms with Crippen molar-refractivity contribution in [3.63, 3.8) is 0 Å². The maximum atomic E-state index is 12.7. The average Bonchev–Trinajstić information content (AvgIpc) is 2.23. The van der Waals surface area contributed by atoms with Gasteiger partial charge in [-0.3, -0.25) is 0 Å². The standard InChI is InChI=1S/C12H19F3N4/c1-7(2)9-10(16)17-6-18-11(9)19(8(3)4)5-12(13,14)15/h6-8H,5H2,1-4H3,(H2,16,17,18). The molecule has 2 N–H and O–H groups in total. The number of anilines is 2. The molecule has 1 heterocycles. The van der Waals surface area contributed by atoms with Gasteiger partial charge in [-0.2, -0.15) is 13.2 Å². The Balaban J connectivity index is 3.27. The topological polar surface area (TPSA) is 55.0 Å². The fraction of sp³-hybridized carbons (Fsp3) is 0.667. The second kappa shape index (κ2) is 5.63. The molecule has 19 heavy (non-hydrogen) atoms. The van der Waals surface area contributed by atoms with E-state index in [1.54, 1.807) is 13.8 Å². The summed E-state index contributed by atoms with van der Waals surface area (Å²) < 4.78 is 38.0. The number of halogens is 3. The molecule has 0 amide bonds. The largest absolute Gasteiger partial charge is 0.405 e. The van der Waals surface area contributed by atoms with Gasteiger partial charge in [-0.25, -0.2) is 9.97 Å². The third-order valence-corrected chi connectivity index (χ3v) is 2.72. The Hall–Kier alpha value is -1.53. The second-order valence-corrected chi connectivity index (χ2v) is 4.99. The highest BCUT2D eigenvalue weighted by Gasteiger charge is 2.34. The van der Waals surface area contributed by atoms with Crippen LogP contribution in [0.2, 0.25) is 0 Å². The molecule has 0 fully saturated rings. The second-order valence-electron chi connectivity index (χ2n) is 4.99. The van der Waals surface area contributed by atoms with Crippen molar-refractivity contribution in [1.29, 1.82) is 0 Å². The van der Waals surface area contributed by atoms with Crippen LogP contribution in [0.3, 0.4) is 0 Å². The van der Waals surface area contributed by atoms with Crippen molar-refractivity contribution < 1.29 is 13.2 Å². The van der Waals surface area contributed by atoms with E-state index in [9.17, 15) is 13.2 Å². The molecular formula is C12H19F3N4. The number of nitrogen functional groups attached to an aromatic ring is 1. The first-order valence-corrected chi connectivity index (χ1v) is 6.07. The van der Waals surface area contributed by atoms with E-state index in [-0.39, 0.29) is 23.6 Å². The highest BCUT2D eigenvalue weighted by molar-refractivity contribution is 5.58. The zero-order chi connectivity index (χ0) is 14.8. The molecule has 0 aliphatic carbocycles. The molecule has 1 rings (SSSR count). The first kappa shape index (κ1) is 15.5. The van der Waals surface area contributed by atoms with Crippen LogP contribution < -0.4 is 10.6 Å². The van der Waals surface area contributed by atoms with Crippen molar-refractivity contribution in [3.05, 3.63) is 11.9 Å². The highest BCUT2D eigenvalue weighted by Crippen LogP contribution is 2.32. The SMILES string of the molecule is CC(C)c1c(N)ncnc1N(CC(F)(F)F)C(C)C. The number of alkyl halides is 3. The summed E-state index contributed by atoms with van der Waals surface area (Å²) in [4.78, 5) is 9.06. The molecule has 0 aliphatic heterocycles. The van der Waals surface area contributed by atoms with E-state index in [0.717, 1.165) is 0 Å². The van der Waals surface area contributed by atoms with Crippen molar-refractivity contribution in [1.82, 2.24) is 9.97 Å². The van der Waals surface area contributed by atoms with Gasteiger partial charge in [-0.1, -0.05) is 13.8 Å². The maximum absolute atomic E-state index is 12.7. The summed E-state index contributed by atoms with van der Waals surface area (Å²) in [5.41, 5.74) is 6.32. The van der Waals surface area contributed by atoms with Crippen molar-refractivity contribution in [3.8, 4) is 0 Å². The van der Waals surface area contributed by atoms with E-state index in [0.29, 0.717) is 5.56 Å². The molecule has 7 heteroatoms. The minimum atomic E-state index is -4.29. The third kappa shape index (κ3) is 3.97. The summed E-state index contributed by atoms with van der Waals surface area (Å²) in [5, 5.41) is 0. The van der Waals surface area contributed by atoms with Crippen LogP contribution in [0.25, 0.3) is 0 Å². The Labute approximate surface area is 110 Å². The molecule has 1 aromatic rings. The van der Waals surface area contributed by atoms with Crippen molar-refractivity contribution in [2.45, 2.75) is 45.8 Å². The minimum absolute atomic E-state index is 0.0503. The van der Waals surface area contributed by atoms with Crippen molar-refractivity contribution >= 4 is 11.6 Å². The molecule has 0 spiro atoms. The number of nitrogens with two attached hydrogens (primary N) is 1. The molecule has 108 valence electrons. The predicted molar refractivity (Wildman–Crippen MR) is 69.1 cm³/mol. The van der Waals surface area contributed by atoms with Crippen molar-refractivity contribution in [2.75, 3.05) is 17.2 Å². The van der Waals surface area contributed by atoms with Gasteiger partial charge in [-0.15, -0.1) is 0 Å². The smallest absolute Gasteiger partial charge is 0.383 e. The van der Waals surface area contributed by atoms with Crippen LogP contribution in [0.1, 0.15) is 39.2 Å². The summed E-state index contributed by atoms with van der Waals surface area (Å²) in [6.45, 7) is 6.03. The van der Waals surface area contributed by atoms with Gasteiger partial charge in [0.15, 0.2) is 0 Å². The van der Waals surface area contributed by atoms with Gasteiger partial charge in [0.2, 0.25) is 0 Å². The summed E-state index contributed by atoms with van der Waals surface area (Å²) in [5.74, 6) is 0.438. The average molecular weight is 276 g/mol.